The molecule has 6 heteroatoms. The molecule has 23 heavy (non-hydrogen) atoms. The first-order valence-corrected chi connectivity index (χ1v) is 7.62. The molecule has 0 saturated heterocycles. The summed E-state index contributed by atoms with van der Waals surface area (Å²) in [6.07, 6.45) is 4.13. The van der Waals surface area contributed by atoms with Gasteiger partial charge in [-0.05, 0) is 31.0 Å². The van der Waals surface area contributed by atoms with Gasteiger partial charge in [-0.15, -0.1) is 0 Å². The van der Waals surface area contributed by atoms with Gasteiger partial charge in [0.05, 0.1) is 0 Å². The second-order valence-electron chi connectivity index (χ2n) is 5.51. The molecular formula is C17H17N3O3. The number of hydrogen-bond acceptors (Lipinski definition) is 4. The Labute approximate surface area is 133 Å². The maximum Gasteiger partial charge on any atom is 0.261 e. The lowest BCUT2D eigenvalue weighted by atomic mass is 9.93. The number of carbonyl (C=O) groups is 2. The van der Waals surface area contributed by atoms with Crippen molar-refractivity contribution in [3.8, 4) is 0 Å². The minimum absolute atomic E-state index is 0.0139. The summed E-state index contributed by atoms with van der Waals surface area (Å²) in [7, 11) is 0. The van der Waals surface area contributed by atoms with Gasteiger partial charge in [-0.25, -0.2) is 0 Å². The predicted octanol–water partition coefficient (Wildman–Crippen LogP) is 1.26. The zero-order valence-electron chi connectivity index (χ0n) is 12.6. The van der Waals surface area contributed by atoms with E-state index in [0.29, 0.717) is 37.1 Å². The second kappa shape index (κ2) is 6.56. The van der Waals surface area contributed by atoms with Gasteiger partial charge in [-0.1, -0.05) is 6.07 Å². The van der Waals surface area contributed by atoms with E-state index in [1.165, 1.54) is 6.07 Å². The lowest BCUT2D eigenvalue weighted by Crippen LogP contribution is -2.33. The molecule has 0 spiro atoms. The second-order valence-corrected chi connectivity index (χ2v) is 5.51. The highest BCUT2D eigenvalue weighted by molar-refractivity contribution is 6.01. The molecule has 0 aromatic carbocycles. The molecule has 2 aromatic rings. The van der Waals surface area contributed by atoms with Crippen LogP contribution in [0.3, 0.4) is 0 Å². The van der Waals surface area contributed by atoms with Crippen molar-refractivity contribution in [2.75, 3.05) is 6.54 Å². The molecule has 0 saturated carbocycles. The van der Waals surface area contributed by atoms with Crippen molar-refractivity contribution < 1.29 is 9.59 Å². The quantitative estimate of drug-likeness (QED) is 0.889. The number of H-pyrrole nitrogens is 1. The minimum atomic E-state index is -0.469. The van der Waals surface area contributed by atoms with Crippen LogP contribution in [0, 0.1) is 0 Å². The van der Waals surface area contributed by atoms with E-state index in [-0.39, 0.29) is 11.3 Å². The van der Waals surface area contributed by atoms with Crippen molar-refractivity contribution in [3.05, 3.63) is 63.3 Å². The van der Waals surface area contributed by atoms with Crippen molar-refractivity contribution >= 4 is 11.7 Å². The van der Waals surface area contributed by atoms with Crippen LogP contribution < -0.4 is 10.9 Å². The van der Waals surface area contributed by atoms with E-state index < -0.39 is 11.5 Å². The average molecular weight is 311 g/mol. The van der Waals surface area contributed by atoms with Crippen LogP contribution in [0.2, 0.25) is 0 Å². The highest BCUT2D eigenvalue weighted by Gasteiger charge is 2.21. The SMILES string of the molecule is O=C1CCCc2[nH]c(=O)c(C(=O)NCCc3ccccn3)cc21. The number of aromatic amines is 1. The number of rotatable bonds is 4. The number of fused-ring (bicyclic) bond motifs is 1. The molecule has 3 rings (SSSR count). The van der Waals surface area contributed by atoms with Gasteiger partial charge >= 0.3 is 0 Å². The van der Waals surface area contributed by atoms with Crippen LogP contribution >= 0.6 is 0 Å². The fourth-order valence-corrected chi connectivity index (χ4v) is 2.69. The Balaban J connectivity index is 1.71. The summed E-state index contributed by atoms with van der Waals surface area (Å²) in [5.41, 5.74) is 1.50. The van der Waals surface area contributed by atoms with Crippen LogP contribution in [-0.4, -0.2) is 28.2 Å². The van der Waals surface area contributed by atoms with Gasteiger partial charge in [0.15, 0.2) is 5.78 Å². The molecule has 0 bridgehead atoms. The Morgan fingerprint density at radius 1 is 1.26 bits per heavy atom. The lowest BCUT2D eigenvalue weighted by molar-refractivity contribution is 0.0952. The Hall–Kier alpha value is -2.76. The maximum absolute atomic E-state index is 12.2. The van der Waals surface area contributed by atoms with Crippen molar-refractivity contribution in [1.82, 2.24) is 15.3 Å². The van der Waals surface area contributed by atoms with Gasteiger partial charge < -0.3 is 10.3 Å². The van der Waals surface area contributed by atoms with E-state index in [0.717, 1.165) is 12.1 Å². The maximum atomic E-state index is 12.2. The molecule has 2 N–H and O–H groups in total. The number of pyridine rings is 2. The van der Waals surface area contributed by atoms with E-state index in [2.05, 4.69) is 15.3 Å². The number of nitrogens with zero attached hydrogens (tertiary/aromatic N) is 1. The first-order valence-electron chi connectivity index (χ1n) is 7.62. The third kappa shape index (κ3) is 3.36. The van der Waals surface area contributed by atoms with Crippen LogP contribution in [0.15, 0.2) is 35.3 Å². The van der Waals surface area contributed by atoms with Crippen molar-refractivity contribution in [1.29, 1.82) is 0 Å². The average Bonchev–Trinajstić information content (AvgIpc) is 2.55. The Morgan fingerprint density at radius 3 is 2.91 bits per heavy atom. The number of amides is 1. The van der Waals surface area contributed by atoms with Gasteiger partial charge in [-0.2, -0.15) is 0 Å². The number of nitrogens with one attached hydrogen (secondary N) is 2. The topological polar surface area (TPSA) is 91.9 Å². The highest BCUT2D eigenvalue weighted by Crippen LogP contribution is 2.18. The van der Waals surface area contributed by atoms with Gasteiger partial charge in [0.1, 0.15) is 5.56 Å². The van der Waals surface area contributed by atoms with Gasteiger partial charge in [-0.3, -0.25) is 19.4 Å². The van der Waals surface area contributed by atoms with E-state index in [1.54, 1.807) is 6.20 Å². The number of aromatic nitrogens is 2. The molecule has 1 aliphatic carbocycles. The number of Topliss-reactive ketones (excluding diaryl/α,β-unsaturated/α-hetero) is 1. The third-order valence-corrected chi connectivity index (χ3v) is 3.89. The molecule has 1 amide bonds. The van der Waals surface area contributed by atoms with E-state index in [1.807, 2.05) is 18.2 Å². The molecule has 118 valence electrons. The Kier molecular flexibility index (Phi) is 4.32. The van der Waals surface area contributed by atoms with Crippen LogP contribution in [0.5, 0.6) is 0 Å². The zero-order chi connectivity index (χ0) is 16.2. The lowest BCUT2D eigenvalue weighted by Gasteiger charge is -2.15. The largest absolute Gasteiger partial charge is 0.351 e. The highest BCUT2D eigenvalue weighted by atomic mass is 16.2. The summed E-state index contributed by atoms with van der Waals surface area (Å²) in [5, 5.41) is 2.70. The normalized spacial score (nSPS) is 13.5. The molecule has 0 fully saturated rings. The fraction of sp³-hybridized carbons (Fsp3) is 0.294. The van der Waals surface area contributed by atoms with Crippen LogP contribution in [0.4, 0.5) is 0 Å². The molecule has 0 atom stereocenters. The summed E-state index contributed by atoms with van der Waals surface area (Å²) < 4.78 is 0. The Morgan fingerprint density at radius 2 is 2.13 bits per heavy atom. The smallest absolute Gasteiger partial charge is 0.261 e. The number of hydrogen-bond donors (Lipinski definition) is 2. The minimum Gasteiger partial charge on any atom is -0.351 e. The van der Waals surface area contributed by atoms with Gasteiger partial charge in [0.2, 0.25) is 0 Å². The summed E-state index contributed by atoms with van der Waals surface area (Å²) in [4.78, 5) is 43.0. The van der Waals surface area contributed by atoms with Crippen LogP contribution in [-0.2, 0) is 12.8 Å². The number of aryl methyl sites for hydroxylation is 1. The fourth-order valence-electron chi connectivity index (χ4n) is 2.69. The molecule has 0 unspecified atom stereocenters. The monoisotopic (exact) mass is 311 g/mol. The Bertz CT molecular complexity index is 796. The van der Waals surface area contributed by atoms with Crippen molar-refractivity contribution in [3.63, 3.8) is 0 Å². The summed E-state index contributed by atoms with van der Waals surface area (Å²) in [6.45, 7) is 0.375. The van der Waals surface area contributed by atoms with Crippen molar-refractivity contribution in [2.24, 2.45) is 0 Å². The third-order valence-electron chi connectivity index (χ3n) is 3.89. The number of carbonyl (C=O) groups excluding carboxylic acids is 2. The first-order chi connectivity index (χ1) is 11.1. The summed E-state index contributed by atoms with van der Waals surface area (Å²) in [6, 6.07) is 7.00. The predicted molar refractivity (Wildman–Crippen MR) is 84.6 cm³/mol. The number of ketones is 1. The molecular weight excluding hydrogens is 294 g/mol. The summed E-state index contributed by atoms with van der Waals surface area (Å²) >= 11 is 0. The van der Waals surface area contributed by atoms with Gasteiger partial charge in [0.25, 0.3) is 11.5 Å². The molecule has 6 nitrogen and oxygen atoms in total. The van der Waals surface area contributed by atoms with Crippen LogP contribution in [0.25, 0.3) is 0 Å². The van der Waals surface area contributed by atoms with E-state index in [9.17, 15) is 14.4 Å². The standard InChI is InChI=1S/C17H17N3O3/c21-15-6-3-5-14-12(15)10-13(17(23)20-14)16(22)19-9-7-11-4-1-2-8-18-11/h1-2,4,8,10H,3,5-7,9H2,(H,19,22)(H,20,23). The first kappa shape index (κ1) is 15.1. The molecule has 2 heterocycles. The van der Waals surface area contributed by atoms with E-state index in [4.69, 9.17) is 0 Å². The molecule has 1 aliphatic rings. The van der Waals surface area contributed by atoms with Crippen molar-refractivity contribution in [2.45, 2.75) is 25.7 Å². The van der Waals surface area contributed by atoms with Crippen LogP contribution in [0.1, 0.15) is 44.9 Å². The zero-order valence-corrected chi connectivity index (χ0v) is 12.6. The van der Waals surface area contributed by atoms with Gasteiger partial charge in [0, 0.05) is 42.5 Å². The summed E-state index contributed by atoms with van der Waals surface area (Å²) in [5.74, 6) is -0.492. The molecule has 0 radical (unpaired) electrons. The van der Waals surface area contributed by atoms with E-state index >= 15 is 0 Å². The molecule has 0 aliphatic heterocycles. The molecule has 2 aromatic heterocycles.